The Morgan fingerprint density at radius 1 is 1.00 bits per heavy atom. The number of pyridine rings is 1. The molecule has 0 aliphatic carbocycles. The third kappa shape index (κ3) is 3.89. The van der Waals surface area contributed by atoms with E-state index in [1.54, 1.807) is 13.0 Å². The molecule has 0 aliphatic heterocycles. The fourth-order valence-electron chi connectivity index (χ4n) is 2.26. The molecule has 0 saturated heterocycles. The van der Waals surface area contributed by atoms with Gasteiger partial charge in [0.25, 0.3) is 5.91 Å². The van der Waals surface area contributed by atoms with Crippen molar-refractivity contribution in [1.29, 1.82) is 0 Å². The molecule has 0 unspecified atom stereocenters. The van der Waals surface area contributed by atoms with Gasteiger partial charge < -0.3 is 5.11 Å². The molecule has 1 amide bonds. The number of hydrogen-bond donors (Lipinski definition) is 2. The summed E-state index contributed by atoms with van der Waals surface area (Å²) < 4.78 is 26.9. The number of rotatable bonds is 4. The molecule has 0 saturated carbocycles. The lowest BCUT2D eigenvalue weighted by Crippen LogP contribution is -2.14. The van der Waals surface area contributed by atoms with Crippen LogP contribution in [0.4, 0.5) is 13.9 Å². The van der Waals surface area contributed by atoms with E-state index < -0.39 is 23.5 Å². The predicted octanol–water partition coefficient (Wildman–Crippen LogP) is 3.74. The molecule has 26 heavy (non-hydrogen) atoms. The average Bonchev–Trinajstić information content (AvgIpc) is 3.02. The fraction of sp³-hybridized carbons (Fsp3) is 0.0588. The van der Waals surface area contributed by atoms with Gasteiger partial charge in [-0.1, -0.05) is 0 Å². The topological polar surface area (TPSA) is 92.2 Å². The zero-order chi connectivity index (χ0) is 18.8. The number of amides is 1. The van der Waals surface area contributed by atoms with Gasteiger partial charge in [-0.3, -0.25) is 10.1 Å². The van der Waals surface area contributed by atoms with Crippen LogP contribution in [0.3, 0.4) is 0 Å². The molecule has 2 heterocycles. The Morgan fingerprint density at radius 3 is 2.27 bits per heavy atom. The van der Waals surface area contributed by atoms with Gasteiger partial charge >= 0.3 is 5.97 Å². The van der Waals surface area contributed by atoms with Crippen molar-refractivity contribution in [1.82, 2.24) is 9.97 Å². The quantitative estimate of drug-likeness (QED) is 0.725. The van der Waals surface area contributed by atoms with E-state index in [0.717, 1.165) is 29.5 Å². The molecule has 132 valence electrons. The number of hydrogen-bond acceptors (Lipinski definition) is 5. The molecule has 0 aliphatic rings. The summed E-state index contributed by atoms with van der Waals surface area (Å²) in [6, 6.07) is 6.05. The molecule has 2 aromatic heterocycles. The molecule has 3 aromatic rings. The zero-order valence-electron chi connectivity index (χ0n) is 13.3. The van der Waals surface area contributed by atoms with Gasteiger partial charge in [0.2, 0.25) is 0 Å². The van der Waals surface area contributed by atoms with Crippen molar-refractivity contribution in [2.24, 2.45) is 0 Å². The monoisotopic (exact) mass is 375 g/mol. The number of carbonyl (C=O) groups excluding carboxylic acids is 1. The van der Waals surface area contributed by atoms with E-state index in [1.165, 1.54) is 11.4 Å². The third-order valence-corrected chi connectivity index (χ3v) is 4.08. The summed E-state index contributed by atoms with van der Waals surface area (Å²) in [5.41, 5.74) is 0.994. The Hall–Kier alpha value is -3.20. The number of aromatic carboxylic acids is 1. The highest BCUT2D eigenvalue weighted by atomic mass is 32.1. The Labute approximate surface area is 150 Å². The first-order valence-electron chi connectivity index (χ1n) is 7.27. The maximum atomic E-state index is 13.4. The van der Waals surface area contributed by atoms with Crippen LogP contribution in [0.1, 0.15) is 26.7 Å². The lowest BCUT2D eigenvalue weighted by atomic mass is 10.0. The van der Waals surface area contributed by atoms with Crippen LogP contribution in [0.25, 0.3) is 11.1 Å². The summed E-state index contributed by atoms with van der Waals surface area (Å²) in [6.07, 6.45) is 0. The highest BCUT2D eigenvalue weighted by molar-refractivity contribution is 7.14. The normalized spacial score (nSPS) is 10.6. The molecular weight excluding hydrogens is 364 g/mol. The summed E-state index contributed by atoms with van der Waals surface area (Å²) in [6.45, 7) is 1.64. The third-order valence-electron chi connectivity index (χ3n) is 3.33. The molecule has 3 rings (SSSR count). The van der Waals surface area contributed by atoms with Crippen molar-refractivity contribution >= 4 is 28.3 Å². The fourth-order valence-corrected chi connectivity index (χ4v) is 2.94. The minimum absolute atomic E-state index is 0.0109. The molecule has 6 nitrogen and oxygen atoms in total. The van der Waals surface area contributed by atoms with Crippen molar-refractivity contribution in [2.45, 2.75) is 6.92 Å². The van der Waals surface area contributed by atoms with Gasteiger partial charge in [0.15, 0.2) is 10.8 Å². The molecule has 1 aromatic carbocycles. The van der Waals surface area contributed by atoms with Gasteiger partial charge in [-0.25, -0.2) is 23.5 Å². The van der Waals surface area contributed by atoms with Gasteiger partial charge in [0, 0.05) is 17.1 Å². The van der Waals surface area contributed by atoms with Crippen molar-refractivity contribution in [3.63, 3.8) is 0 Å². The number of nitrogens with one attached hydrogen (secondary N) is 1. The van der Waals surface area contributed by atoms with E-state index in [4.69, 9.17) is 5.11 Å². The minimum Gasteiger partial charge on any atom is -0.476 e. The molecule has 0 radical (unpaired) electrons. The lowest BCUT2D eigenvalue weighted by molar-refractivity contribution is 0.0691. The average molecular weight is 375 g/mol. The number of benzene rings is 1. The highest BCUT2D eigenvalue weighted by Gasteiger charge is 2.15. The van der Waals surface area contributed by atoms with Crippen molar-refractivity contribution in [2.75, 3.05) is 5.32 Å². The van der Waals surface area contributed by atoms with Crippen LogP contribution in [0.2, 0.25) is 0 Å². The van der Waals surface area contributed by atoms with Gasteiger partial charge in [-0.15, -0.1) is 11.3 Å². The molecule has 2 N–H and O–H groups in total. The number of anilines is 1. The van der Waals surface area contributed by atoms with E-state index in [1.807, 2.05) is 0 Å². The molecule has 0 spiro atoms. The second-order valence-corrected chi connectivity index (χ2v) is 6.20. The number of carboxylic acids is 1. The van der Waals surface area contributed by atoms with Crippen molar-refractivity contribution in [3.05, 3.63) is 64.4 Å². The van der Waals surface area contributed by atoms with Crippen molar-refractivity contribution < 1.29 is 23.5 Å². The number of nitrogens with zero attached hydrogens (tertiary/aromatic N) is 2. The first-order chi connectivity index (χ1) is 12.3. The largest absolute Gasteiger partial charge is 0.476 e. The van der Waals surface area contributed by atoms with Crippen LogP contribution in [0.5, 0.6) is 0 Å². The van der Waals surface area contributed by atoms with Crippen LogP contribution >= 0.6 is 11.3 Å². The smallest absolute Gasteiger partial charge is 0.355 e. The molecule has 0 atom stereocenters. The molecule has 0 bridgehead atoms. The molecular formula is C17H11F2N3O3S. The zero-order valence-corrected chi connectivity index (χ0v) is 14.1. The number of aromatic nitrogens is 2. The standard InChI is InChI=1S/C17H11F2N3O3S/c1-8-2-9(10-3-11(18)6-12(19)4-10)5-13(20-8)15(23)22-17-21-14(7-26-17)16(24)25/h2-7H,1H3,(H,24,25)(H,21,22,23). The van der Waals surface area contributed by atoms with Gasteiger partial charge in [0.1, 0.15) is 17.3 Å². The summed E-state index contributed by atoms with van der Waals surface area (Å²) in [4.78, 5) is 31.1. The Bertz CT molecular complexity index is 1000. The van der Waals surface area contributed by atoms with Crippen LogP contribution in [0, 0.1) is 18.6 Å². The number of halogens is 2. The Kier molecular flexibility index (Phi) is 4.72. The number of carboxylic acid groups (broad SMARTS) is 1. The predicted molar refractivity (Wildman–Crippen MR) is 91.4 cm³/mol. The summed E-state index contributed by atoms with van der Waals surface area (Å²) in [5.74, 6) is -3.28. The van der Waals surface area contributed by atoms with E-state index in [2.05, 4.69) is 15.3 Å². The van der Waals surface area contributed by atoms with Crippen LogP contribution in [-0.4, -0.2) is 27.0 Å². The van der Waals surface area contributed by atoms with E-state index in [0.29, 0.717) is 11.3 Å². The second kappa shape index (κ2) is 6.96. The van der Waals surface area contributed by atoms with E-state index in [9.17, 15) is 18.4 Å². The second-order valence-electron chi connectivity index (χ2n) is 5.34. The van der Waals surface area contributed by atoms with Crippen molar-refractivity contribution in [3.8, 4) is 11.1 Å². The maximum Gasteiger partial charge on any atom is 0.355 e. The van der Waals surface area contributed by atoms with Crippen LogP contribution in [-0.2, 0) is 0 Å². The highest BCUT2D eigenvalue weighted by Crippen LogP contribution is 2.24. The molecule has 9 heteroatoms. The first-order valence-corrected chi connectivity index (χ1v) is 8.15. The lowest BCUT2D eigenvalue weighted by Gasteiger charge is -2.07. The Morgan fingerprint density at radius 2 is 1.65 bits per heavy atom. The number of carbonyl (C=O) groups is 2. The van der Waals surface area contributed by atoms with E-state index >= 15 is 0 Å². The first kappa shape index (κ1) is 17.6. The Balaban J connectivity index is 1.91. The van der Waals surface area contributed by atoms with Crippen LogP contribution in [0.15, 0.2) is 35.7 Å². The van der Waals surface area contributed by atoms with Gasteiger partial charge in [-0.2, -0.15) is 0 Å². The van der Waals surface area contributed by atoms with Gasteiger partial charge in [-0.05, 0) is 42.3 Å². The SMILES string of the molecule is Cc1cc(-c2cc(F)cc(F)c2)cc(C(=O)Nc2nc(C(=O)O)cs2)n1. The maximum absolute atomic E-state index is 13.4. The van der Waals surface area contributed by atoms with E-state index in [-0.39, 0.29) is 22.1 Å². The molecule has 0 fully saturated rings. The summed E-state index contributed by atoms with van der Waals surface area (Å²) in [7, 11) is 0. The van der Waals surface area contributed by atoms with Crippen LogP contribution < -0.4 is 5.32 Å². The number of thiazole rings is 1. The number of aryl methyl sites for hydroxylation is 1. The van der Waals surface area contributed by atoms with Gasteiger partial charge in [0.05, 0.1) is 0 Å². The minimum atomic E-state index is -1.20. The summed E-state index contributed by atoms with van der Waals surface area (Å²) >= 11 is 0.959. The summed E-state index contributed by atoms with van der Waals surface area (Å²) in [5, 5.41) is 12.7.